The third kappa shape index (κ3) is 2.97. The van der Waals surface area contributed by atoms with Gasteiger partial charge < -0.3 is 5.11 Å². The maximum absolute atomic E-state index is 11.4. The first-order valence-corrected chi connectivity index (χ1v) is 7.75. The normalized spacial score (nSPS) is 11.3. The van der Waals surface area contributed by atoms with Crippen LogP contribution in [0, 0.1) is 0 Å². The Kier molecular flexibility index (Phi) is 3.78. The van der Waals surface area contributed by atoms with Crippen molar-refractivity contribution < 1.29 is 18.3 Å². The lowest BCUT2D eigenvalue weighted by molar-refractivity contribution is 0.0697. The molecular weight excluding hydrogens is 302 g/mol. The lowest BCUT2D eigenvalue weighted by atomic mass is 10.0. The number of hydrogen-bond donors (Lipinski definition) is 1. The van der Waals surface area contributed by atoms with E-state index in [0.29, 0.717) is 11.1 Å². The van der Waals surface area contributed by atoms with Gasteiger partial charge in [0.05, 0.1) is 10.5 Å². The van der Waals surface area contributed by atoms with Crippen molar-refractivity contribution in [1.29, 1.82) is 0 Å². The summed E-state index contributed by atoms with van der Waals surface area (Å²) in [4.78, 5) is 15.2. The number of benzene rings is 1. The van der Waals surface area contributed by atoms with Crippen LogP contribution in [-0.4, -0.2) is 30.7 Å². The molecule has 0 aliphatic carbocycles. The van der Waals surface area contributed by atoms with Crippen LogP contribution in [0.4, 0.5) is 0 Å². The molecule has 0 radical (unpaired) electrons. The second-order valence-corrected chi connectivity index (χ2v) is 6.56. The van der Waals surface area contributed by atoms with Crippen molar-refractivity contribution in [2.24, 2.45) is 0 Å². The van der Waals surface area contributed by atoms with E-state index < -0.39 is 15.8 Å². The van der Waals surface area contributed by atoms with Crippen molar-refractivity contribution in [2.75, 3.05) is 6.26 Å². The highest BCUT2D eigenvalue weighted by Crippen LogP contribution is 2.26. The lowest BCUT2D eigenvalue weighted by Crippen LogP contribution is -2.01. The predicted octanol–water partition coefficient (Wildman–Crippen LogP) is 2.50. The van der Waals surface area contributed by atoms with Crippen LogP contribution < -0.4 is 0 Å². The van der Waals surface area contributed by atoms with Crippen LogP contribution in [0.1, 0.15) is 10.4 Å². The number of carboxylic acids is 1. The molecule has 0 aliphatic rings. The predicted molar refractivity (Wildman–Crippen MR) is 74.8 cm³/mol. The van der Waals surface area contributed by atoms with Gasteiger partial charge in [-0.2, -0.15) is 0 Å². The van der Waals surface area contributed by atoms with Gasteiger partial charge in [-0.25, -0.2) is 18.2 Å². The first-order chi connectivity index (χ1) is 9.29. The fourth-order valence-corrected chi connectivity index (χ4v) is 2.51. The van der Waals surface area contributed by atoms with E-state index in [9.17, 15) is 13.2 Å². The first-order valence-electron chi connectivity index (χ1n) is 5.48. The highest BCUT2D eigenvalue weighted by Gasteiger charge is 2.14. The Morgan fingerprint density at radius 2 is 1.85 bits per heavy atom. The number of carboxylic acid groups (broad SMARTS) is 1. The Bertz CT molecular complexity index is 769. The third-order valence-electron chi connectivity index (χ3n) is 2.69. The van der Waals surface area contributed by atoms with E-state index in [1.54, 1.807) is 0 Å². The molecule has 0 saturated carbocycles. The highest BCUT2D eigenvalue weighted by molar-refractivity contribution is 7.90. The van der Waals surface area contributed by atoms with E-state index in [1.807, 2.05) is 0 Å². The Balaban J connectivity index is 2.55. The van der Waals surface area contributed by atoms with Crippen molar-refractivity contribution >= 4 is 27.4 Å². The molecule has 20 heavy (non-hydrogen) atoms. The van der Waals surface area contributed by atoms with Crippen LogP contribution in [0.3, 0.4) is 0 Å². The monoisotopic (exact) mass is 311 g/mol. The molecule has 104 valence electrons. The summed E-state index contributed by atoms with van der Waals surface area (Å²) in [5.41, 5.74) is 0.943. The number of aromatic nitrogens is 1. The molecule has 0 atom stereocenters. The van der Waals surface area contributed by atoms with Gasteiger partial charge in [-0.3, -0.25) is 0 Å². The molecule has 2 rings (SSSR count). The van der Waals surface area contributed by atoms with E-state index in [0.717, 1.165) is 6.26 Å². The minimum Gasteiger partial charge on any atom is -0.478 e. The van der Waals surface area contributed by atoms with E-state index >= 15 is 0 Å². The van der Waals surface area contributed by atoms with E-state index in [2.05, 4.69) is 4.98 Å². The molecule has 1 aromatic carbocycles. The standard InChI is InChI=1S/C13H10ClNO4S/c1-20(18,19)9-4-2-8(3-5-9)11-7-15-12(14)6-10(11)13(16)17/h2-7H,1H3,(H,16,17). The second-order valence-electron chi connectivity index (χ2n) is 4.15. The minimum absolute atomic E-state index is 0.0112. The molecule has 0 unspecified atom stereocenters. The Hall–Kier alpha value is -1.92. The summed E-state index contributed by atoms with van der Waals surface area (Å²) in [5, 5.41) is 9.24. The first kappa shape index (κ1) is 14.5. The van der Waals surface area contributed by atoms with Gasteiger partial charge in [-0.05, 0) is 23.8 Å². The molecule has 1 N–H and O–H groups in total. The summed E-state index contributed by atoms with van der Waals surface area (Å²) in [5.74, 6) is -1.13. The van der Waals surface area contributed by atoms with Gasteiger partial charge in [-0.15, -0.1) is 0 Å². The number of pyridine rings is 1. The minimum atomic E-state index is -3.29. The molecule has 0 bridgehead atoms. The fraction of sp³-hybridized carbons (Fsp3) is 0.0769. The largest absolute Gasteiger partial charge is 0.478 e. The van der Waals surface area contributed by atoms with Crippen molar-refractivity contribution in [2.45, 2.75) is 4.90 Å². The average molecular weight is 312 g/mol. The van der Waals surface area contributed by atoms with E-state index in [-0.39, 0.29) is 15.6 Å². The number of rotatable bonds is 3. The average Bonchev–Trinajstić information content (AvgIpc) is 2.37. The molecule has 1 heterocycles. The number of sulfone groups is 1. The molecule has 2 aromatic rings. The molecule has 0 saturated heterocycles. The SMILES string of the molecule is CS(=O)(=O)c1ccc(-c2cnc(Cl)cc2C(=O)O)cc1. The summed E-state index contributed by atoms with van der Waals surface area (Å²) in [6.07, 6.45) is 2.45. The van der Waals surface area contributed by atoms with Crippen LogP contribution >= 0.6 is 11.6 Å². The third-order valence-corrected chi connectivity index (χ3v) is 4.03. The summed E-state index contributed by atoms with van der Waals surface area (Å²) in [6, 6.07) is 7.17. The topological polar surface area (TPSA) is 84.3 Å². The Morgan fingerprint density at radius 3 is 2.35 bits per heavy atom. The smallest absolute Gasteiger partial charge is 0.336 e. The fourth-order valence-electron chi connectivity index (χ4n) is 1.72. The number of hydrogen-bond acceptors (Lipinski definition) is 4. The molecule has 0 amide bonds. The van der Waals surface area contributed by atoms with Crippen molar-refractivity contribution in [1.82, 2.24) is 4.98 Å². The molecule has 7 heteroatoms. The number of aromatic carboxylic acids is 1. The molecule has 5 nitrogen and oxygen atoms in total. The van der Waals surface area contributed by atoms with Gasteiger partial charge in [0.1, 0.15) is 5.15 Å². The Labute approximate surface area is 120 Å². The van der Waals surface area contributed by atoms with Gasteiger partial charge in [0.2, 0.25) is 0 Å². The summed E-state index contributed by atoms with van der Waals surface area (Å²) in [7, 11) is -3.29. The van der Waals surface area contributed by atoms with Crippen LogP contribution in [0.15, 0.2) is 41.4 Å². The summed E-state index contributed by atoms with van der Waals surface area (Å²) >= 11 is 5.68. The van der Waals surface area contributed by atoms with Gasteiger partial charge >= 0.3 is 5.97 Å². The molecule has 0 spiro atoms. The quantitative estimate of drug-likeness (QED) is 0.880. The van der Waals surface area contributed by atoms with Crippen molar-refractivity contribution in [3.05, 3.63) is 47.2 Å². The van der Waals surface area contributed by atoms with Gasteiger partial charge in [0.25, 0.3) is 0 Å². The van der Waals surface area contributed by atoms with Crippen LogP contribution in [0.2, 0.25) is 5.15 Å². The van der Waals surface area contributed by atoms with Crippen molar-refractivity contribution in [3.63, 3.8) is 0 Å². The Morgan fingerprint density at radius 1 is 1.25 bits per heavy atom. The lowest BCUT2D eigenvalue weighted by Gasteiger charge is -2.07. The van der Waals surface area contributed by atoms with Gasteiger partial charge in [0, 0.05) is 18.0 Å². The zero-order valence-electron chi connectivity index (χ0n) is 10.4. The van der Waals surface area contributed by atoms with E-state index in [4.69, 9.17) is 16.7 Å². The number of halogens is 1. The number of carbonyl (C=O) groups is 1. The molecule has 1 aromatic heterocycles. The zero-order valence-corrected chi connectivity index (χ0v) is 11.9. The molecule has 0 fully saturated rings. The van der Waals surface area contributed by atoms with Crippen LogP contribution in [0.25, 0.3) is 11.1 Å². The van der Waals surface area contributed by atoms with Crippen molar-refractivity contribution in [3.8, 4) is 11.1 Å². The maximum Gasteiger partial charge on any atom is 0.336 e. The summed E-state index contributed by atoms with van der Waals surface area (Å²) in [6.45, 7) is 0. The van der Waals surface area contributed by atoms with Crippen LogP contribution in [0.5, 0.6) is 0 Å². The van der Waals surface area contributed by atoms with Crippen LogP contribution in [-0.2, 0) is 9.84 Å². The van der Waals surface area contributed by atoms with Gasteiger partial charge in [-0.1, -0.05) is 23.7 Å². The molecular formula is C13H10ClNO4S. The zero-order chi connectivity index (χ0) is 14.9. The van der Waals surface area contributed by atoms with E-state index in [1.165, 1.54) is 36.5 Å². The summed E-state index contributed by atoms with van der Waals surface area (Å²) < 4.78 is 22.8. The number of nitrogens with zero attached hydrogens (tertiary/aromatic N) is 1. The molecule has 0 aliphatic heterocycles. The van der Waals surface area contributed by atoms with Gasteiger partial charge in [0.15, 0.2) is 9.84 Å². The highest BCUT2D eigenvalue weighted by atomic mass is 35.5. The maximum atomic E-state index is 11.4. The second kappa shape index (κ2) is 5.22.